The van der Waals surface area contributed by atoms with Gasteiger partial charge in [-0.25, -0.2) is 0 Å². The van der Waals surface area contributed by atoms with Gasteiger partial charge in [0.15, 0.2) is 5.96 Å². The fourth-order valence-corrected chi connectivity index (χ4v) is 2.66. The zero-order chi connectivity index (χ0) is 15.9. The highest BCUT2D eigenvalue weighted by Gasteiger charge is 2.07. The third-order valence-electron chi connectivity index (χ3n) is 3.93. The normalized spacial score (nSPS) is 11.6. The van der Waals surface area contributed by atoms with Crippen molar-refractivity contribution in [2.45, 2.75) is 33.6 Å². The molecule has 3 N–H and O–H groups in total. The molecule has 1 aromatic heterocycles. The van der Waals surface area contributed by atoms with Crippen molar-refractivity contribution in [2.75, 3.05) is 20.1 Å². The van der Waals surface area contributed by atoms with E-state index >= 15 is 0 Å². The zero-order valence-corrected chi connectivity index (χ0v) is 16.9. The molecular weight excluding hydrogens is 399 g/mol. The molecule has 5 heteroatoms. The van der Waals surface area contributed by atoms with Crippen LogP contribution in [0.4, 0.5) is 0 Å². The van der Waals surface area contributed by atoms with Gasteiger partial charge in [0.25, 0.3) is 0 Å². The first-order chi connectivity index (χ1) is 10.6. The van der Waals surface area contributed by atoms with Crippen LogP contribution in [0.3, 0.4) is 0 Å². The van der Waals surface area contributed by atoms with E-state index < -0.39 is 0 Å². The number of rotatable bonds is 6. The second-order valence-electron chi connectivity index (χ2n) is 6.13. The van der Waals surface area contributed by atoms with Gasteiger partial charge in [0.2, 0.25) is 0 Å². The van der Waals surface area contributed by atoms with Crippen molar-refractivity contribution in [3.63, 3.8) is 0 Å². The van der Waals surface area contributed by atoms with E-state index in [0.29, 0.717) is 5.92 Å². The van der Waals surface area contributed by atoms with E-state index in [-0.39, 0.29) is 24.0 Å². The molecule has 0 aliphatic heterocycles. The third-order valence-corrected chi connectivity index (χ3v) is 3.93. The molecule has 128 valence electrons. The number of nitrogens with one attached hydrogen (secondary N) is 3. The number of nitrogens with zero attached hydrogens (tertiary/aromatic N) is 1. The van der Waals surface area contributed by atoms with Crippen molar-refractivity contribution in [3.8, 4) is 0 Å². The Hall–Kier alpha value is -1.24. The van der Waals surface area contributed by atoms with Crippen LogP contribution >= 0.6 is 24.0 Å². The van der Waals surface area contributed by atoms with E-state index in [1.165, 1.54) is 22.2 Å². The first kappa shape index (κ1) is 19.8. The number of hydrogen-bond acceptors (Lipinski definition) is 1. The second-order valence-corrected chi connectivity index (χ2v) is 6.13. The number of guanidine groups is 1. The summed E-state index contributed by atoms with van der Waals surface area (Å²) in [5, 5.41) is 8.09. The van der Waals surface area contributed by atoms with Crippen molar-refractivity contribution in [1.29, 1.82) is 0 Å². The highest BCUT2D eigenvalue weighted by molar-refractivity contribution is 14.0. The number of aromatic amines is 1. The molecule has 0 saturated heterocycles. The first-order valence-corrected chi connectivity index (χ1v) is 8.12. The Kier molecular flexibility index (Phi) is 8.44. The number of benzene rings is 1. The van der Waals surface area contributed by atoms with Gasteiger partial charge in [0, 0.05) is 36.7 Å². The Labute approximate surface area is 156 Å². The van der Waals surface area contributed by atoms with Gasteiger partial charge in [-0.1, -0.05) is 32.0 Å². The Morgan fingerprint density at radius 1 is 1.17 bits per heavy atom. The van der Waals surface area contributed by atoms with E-state index in [9.17, 15) is 0 Å². The number of aromatic nitrogens is 1. The minimum atomic E-state index is 0. The van der Waals surface area contributed by atoms with E-state index in [0.717, 1.165) is 31.9 Å². The monoisotopic (exact) mass is 428 g/mol. The van der Waals surface area contributed by atoms with Crippen molar-refractivity contribution in [2.24, 2.45) is 10.9 Å². The predicted molar refractivity (Wildman–Crippen MR) is 111 cm³/mol. The standard InChI is InChI=1S/C18H28N4.HI/c1-13(2)9-11-20-18(19-4)21-12-10-15-14(3)22-17-8-6-5-7-16(15)17;/h5-8,13,22H,9-12H2,1-4H3,(H2,19,20,21);1H. The molecule has 1 heterocycles. The number of H-pyrrole nitrogens is 1. The van der Waals surface area contributed by atoms with Crippen molar-refractivity contribution in [3.05, 3.63) is 35.5 Å². The number of aryl methyl sites for hydroxylation is 1. The minimum Gasteiger partial charge on any atom is -0.358 e. The van der Waals surface area contributed by atoms with Gasteiger partial charge < -0.3 is 15.6 Å². The molecule has 0 bridgehead atoms. The molecule has 2 rings (SSSR count). The molecule has 0 amide bonds. The number of aliphatic imine (C=N–C) groups is 1. The summed E-state index contributed by atoms with van der Waals surface area (Å²) in [5.41, 5.74) is 3.86. The maximum absolute atomic E-state index is 4.28. The SMILES string of the molecule is CN=C(NCCc1c(C)[nH]c2ccccc12)NCCC(C)C.I. The summed E-state index contributed by atoms with van der Waals surface area (Å²) in [6.45, 7) is 8.45. The van der Waals surface area contributed by atoms with Crippen LogP contribution in [0.15, 0.2) is 29.3 Å². The second kappa shape index (κ2) is 9.80. The van der Waals surface area contributed by atoms with Crippen LogP contribution in [0.1, 0.15) is 31.5 Å². The van der Waals surface area contributed by atoms with E-state index in [2.05, 4.69) is 65.6 Å². The van der Waals surface area contributed by atoms with Gasteiger partial charge in [0.05, 0.1) is 0 Å². The summed E-state index contributed by atoms with van der Waals surface area (Å²) >= 11 is 0. The molecule has 0 fully saturated rings. The van der Waals surface area contributed by atoms with Crippen LogP contribution in [-0.4, -0.2) is 31.1 Å². The average Bonchev–Trinajstić information content (AvgIpc) is 2.81. The fraction of sp³-hybridized carbons (Fsp3) is 0.500. The van der Waals surface area contributed by atoms with Crippen LogP contribution < -0.4 is 10.6 Å². The first-order valence-electron chi connectivity index (χ1n) is 8.12. The fourth-order valence-electron chi connectivity index (χ4n) is 2.66. The summed E-state index contributed by atoms with van der Waals surface area (Å²) in [6.07, 6.45) is 2.14. The summed E-state index contributed by atoms with van der Waals surface area (Å²) in [5.74, 6) is 1.60. The number of fused-ring (bicyclic) bond motifs is 1. The lowest BCUT2D eigenvalue weighted by Gasteiger charge is -2.13. The van der Waals surface area contributed by atoms with Crippen LogP contribution in [0, 0.1) is 12.8 Å². The number of hydrogen-bond donors (Lipinski definition) is 3. The molecule has 2 aromatic rings. The minimum absolute atomic E-state index is 0. The number of para-hydroxylation sites is 1. The third kappa shape index (κ3) is 5.71. The Morgan fingerprint density at radius 2 is 1.87 bits per heavy atom. The van der Waals surface area contributed by atoms with Gasteiger partial charge in [-0.3, -0.25) is 4.99 Å². The van der Waals surface area contributed by atoms with E-state index in [4.69, 9.17) is 0 Å². The van der Waals surface area contributed by atoms with Crippen molar-refractivity contribution >= 4 is 40.8 Å². The molecule has 0 aliphatic rings. The molecule has 0 spiro atoms. The summed E-state index contributed by atoms with van der Waals surface area (Å²) < 4.78 is 0. The summed E-state index contributed by atoms with van der Waals surface area (Å²) in [4.78, 5) is 7.73. The van der Waals surface area contributed by atoms with Gasteiger partial charge in [0.1, 0.15) is 0 Å². The smallest absolute Gasteiger partial charge is 0.190 e. The molecule has 0 radical (unpaired) electrons. The molecule has 4 nitrogen and oxygen atoms in total. The van der Waals surface area contributed by atoms with E-state index in [1.54, 1.807) is 0 Å². The van der Waals surface area contributed by atoms with Gasteiger partial charge in [-0.05, 0) is 37.3 Å². The van der Waals surface area contributed by atoms with Crippen LogP contribution in [0.2, 0.25) is 0 Å². The predicted octanol–water partition coefficient (Wildman–Crippen LogP) is 3.85. The molecule has 0 saturated carbocycles. The van der Waals surface area contributed by atoms with Gasteiger partial charge in [-0.15, -0.1) is 24.0 Å². The lowest BCUT2D eigenvalue weighted by Crippen LogP contribution is -2.39. The topological polar surface area (TPSA) is 52.2 Å². The molecule has 23 heavy (non-hydrogen) atoms. The van der Waals surface area contributed by atoms with Crippen LogP contribution in [0.5, 0.6) is 0 Å². The molecule has 0 unspecified atom stereocenters. The van der Waals surface area contributed by atoms with Gasteiger partial charge in [-0.2, -0.15) is 0 Å². The molecular formula is C18H29IN4. The van der Waals surface area contributed by atoms with Crippen LogP contribution in [0.25, 0.3) is 10.9 Å². The summed E-state index contributed by atoms with van der Waals surface area (Å²) in [7, 11) is 1.82. The Morgan fingerprint density at radius 3 is 2.57 bits per heavy atom. The Bertz CT molecular complexity index is 631. The molecule has 0 atom stereocenters. The lowest BCUT2D eigenvalue weighted by molar-refractivity contribution is 0.573. The van der Waals surface area contributed by atoms with Crippen molar-refractivity contribution < 1.29 is 0 Å². The Balaban J connectivity index is 0.00000264. The van der Waals surface area contributed by atoms with Gasteiger partial charge >= 0.3 is 0 Å². The maximum Gasteiger partial charge on any atom is 0.190 e. The number of halogens is 1. The summed E-state index contributed by atoms with van der Waals surface area (Å²) in [6, 6.07) is 8.48. The maximum atomic E-state index is 4.28. The largest absolute Gasteiger partial charge is 0.358 e. The lowest BCUT2D eigenvalue weighted by atomic mass is 10.1. The molecule has 1 aromatic carbocycles. The highest BCUT2D eigenvalue weighted by Crippen LogP contribution is 2.21. The van der Waals surface area contributed by atoms with Crippen molar-refractivity contribution in [1.82, 2.24) is 15.6 Å². The average molecular weight is 428 g/mol. The van der Waals surface area contributed by atoms with Crippen LogP contribution in [-0.2, 0) is 6.42 Å². The zero-order valence-electron chi connectivity index (χ0n) is 14.6. The highest BCUT2D eigenvalue weighted by atomic mass is 127. The quantitative estimate of drug-likeness (QED) is 0.372. The van der Waals surface area contributed by atoms with E-state index in [1.807, 2.05) is 7.05 Å². The molecule has 0 aliphatic carbocycles.